The third kappa shape index (κ3) is 7.45. The number of aromatic carboxylic acids is 1. The highest BCUT2D eigenvalue weighted by Crippen LogP contribution is 2.38. The molecule has 0 bridgehead atoms. The molecule has 45 heavy (non-hydrogen) atoms. The first-order valence-electron chi connectivity index (χ1n) is 12.5. The molecule has 9 nitrogen and oxygen atoms in total. The first-order valence-corrected chi connectivity index (χ1v) is 12.9. The molecular formula is C28H19ClF7N3O6. The Morgan fingerprint density at radius 1 is 1.00 bits per heavy atom. The molecule has 3 N–H and O–H groups in total. The maximum Gasteiger partial charge on any atom is 0.490 e. The highest BCUT2D eigenvalue weighted by atomic mass is 35.5. The zero-order chi connectivity index (χ0) is 33.4. The number of nitrogens with one attached hydrogen (secondary N) is 1. The molecule has 238 valence electrons. The van der Waals surface area contributed by atoms with Gasteiger partial charge in [-0.3, -0.25) is 4.79 Å². The number of carboxylic acids is 2. The predicted molar refractivity (Wildman–Crippen MR) is 146 cm³/mol. The second kappa shape index (κ2) is 12.3. The van der Waals surface area contributed by atoms with E-state index < -0.39 is 52.8 Å². The van der Waals surface area contributed by atoms with Gasteiger partial charge in [-0.25, -0.2) is 19.0 Å². The second-order valence-electron chi connectivity index (χ2n) is 9.66. The van der Waals surface area contributed by atoms with Gasteiger partial charge in [-0.1, -0.05) is 17.7 Å². The van der Waals surface area contributed by atoms with E-state index >= 15 is 0 Å². The molecule has 1 atom stereocenters. The van der Waals surface area contributed by atoms with Crippen LogP contribution < -0.4 is 15.6 Å². The number of pyridine rings is 1. The van der Waals surface area contributed by atoms with E-state index in [1.54, 1.807) is 11.0 Å². The Bertz CT molecular complexity index is 1860. The Morgan fingerprint density at radius 3 is 2.24 bits per heavy atom. The van der Waals surface area contributed by atoms with Gasteiger partial charge in [-0.2, -0.15) is 26.3 Å². The number of carbonyl (C=O) groups is 2. The van der Waals surface area contributed by atoms with E-state index in [-0.39, 0.29) is 39.8 Å². The maximum atomic E-state index is 13.7. The maximum absolute atomic E-state index is 13.7. The molecule has 0 fully saturated rings. The number of carboxylic acid groups (broad SMARTS) is 2. The number of aliphatic carboxylic acids is 1. The minimum Gasteiger partial charge on any atom is -0.476 e. The quantitative estimate of drug-likeness (QED) is 0.152. The Labute approximate surface area is 252 Å². The fourth-order valence-electron chi connectivity index (χ4n) is 4.46. The molecule has 4 aromatic rings. The average Bonchev–Trinajstić information content (AvgIpc) is 3.36. The lowest BCUT2D eigenvalue weighted by molar-refractivity contribution is -0.192. The van der Waals surface area contributed by atoms with Crippen LogP contribution >= 0.6 is 11.6 Å². The van der Waals surface area contributed by atoms with Gasteiger partial charge < -0.3 is 24.8 Å². The fraction of sp³-hybridized carbons (Fsp3) is 0.214. The average molecular weight is 662 g/mol. The molecule has 0 amide bonds. The SMILES string of the molecule is CC(Nc1ccc(Cl)nc1C(=O)O)c1cc(C(F)(F)F)cc2c(=O)cc(N3Cc4ccc(F)cc4C3)oc12.O=C(O)C(F)(F)F. The van der Waals surface area contributed by atoms with Crippen LogP contribution in [-0.2, 0) is 24.1 Å². The van der Waals surface area contributed by atoms with Crippen molar-refractivity contribution in [1.82, 2.24) is 4.98 Å². The smallest absolute Gasteiger partial charge is 0.476 e. The van der Waals surface area contributed by atoms with Crippen LogP contribution in [0.25, 0.3) is 11.0 Å². The van der Waals surface area contributed by atoms with Crippen molar-refractivity contribution < 1.29 is 55.0 Å². The van der Waals surface area contributed by atoms with Crippen molar-refractivity contribution in [2.45, 2.75) is 38.4 Å². The summed E-state index contributed by atoms with van der Waals surface area (Å²) in [7, 11) is 0. The molecule has 1 aliphatic rings. The zero-order valence-electron chi connectivity index (χ0n) is 22.6. The van der Waals surface area contributed by atoms with Crippen LogP contribution in [0.2, 0.25) is 5.15 Å². The van der Waals surface area contributed by atoms with Crippen LogP contribution in [0.3, 0.4) is 0 Å². The minimum absolute atomic E-state index is 0.00971. The monoisotopic (exact) mass is 661 g/mol. The van der Waals surface area contributed by atoms with E-state index in [2.05, 4.69) is 10.3 Å². The van der Waals surface area contributed by atoms with E-state index in [1.807, 2.05) is 0 Å². The molecule has 0 spiro atoms. The first kappa shape index (κ1) is 33.0. The summed E-state index contributed by atoms with van der Waals surface area (Å²) in [6.07, 6.45) is -9.84. The predicted octanol–water partition coefficient (Wildman–Crippen LogP) is 7.02. The summed E-state index contributed by atoms with van der Waals surface area (Å²) in [5.74, 6) is -4.46. The number of anilines is 2. The number of halogens is 8. The summed E-state index contributed by atoms with van der Waals surface area (Å²) < 4.78 is 92.7. The molecule has 1 unspecified atom stereocenters. The number of fused-ring (bicyclic) bond motifs is 2. The van der Waals surface area contributed by atoms with Crippen LogP contribution in [0, 0.1) is 5.82 Å². The normalized spacial score (nSPS) is 13.6. The van der Waals surface area contributed by atoms with Gasteiger partial charge in [0.1, 0.15) is 16.6 Å². The van der Waals surface area contributed by atoms with E-state index in [1.165, 1.54) is 31.2 Å². The summed E-state index contributed by atoms with van der Waals surface area (Å²) in [5, 5.41) is 19.1. The highest BCUT2D eigenvalue weighted by Gasteiger charge is 2.38. The number of benzene rings is 2. The van der Waals surface area contributed by atoms with Gasteiger partial charge in [0.05, 0.1) is 22.7 Å². The van der Waals surface area contributed by atoms with Gasteiger partial charge in [-0.15, -0.1) is 0 Å². The van der Waals surface area contributed by atoms with Gasteiger partial charge in [0.15, 0.2) is 11.1 Å². The van der Waals surface area contributed by atoms with Crippen LogP contribution in [0.15, 0.2) is 57.7 Å². The molecule has 3 heterocycles. The zero-order valence-corrected chi connectivity index (χ0v) is 23.3. The molecule has 0 saturated heterocycles. The van der Waals surface area contributed by atoms with Gasteiger partial charge >= 0.3 is 24.3 Å². The lowest BCUT2D eigenvalue weighted by Gasteiger charge is -2.21. The Kier molecular flexibility index (Phi) is 9.00. The topological polar surface area (TPSA) is 133 Å². The summed E-state index contributed by atoms with van der Waals surface area (Å²) in [4.78, 5) is 39.0. The number of hydrogen-bond donors (Lipinski definition) is 3. The van der Waals surface area contributed by atoms with E-state index in [0.717, 1.165) is 23.8 Å². The van der Waals surface area contributed by atoms with Crippen molar-refractivity contribution in [3.8, 4) is 0 Å². The van der Waals surface area contributed by atoms with Crippen molar-refractivity contribution in [3.63, 3.8) is 0 Å². The van der Waals surface area contributed by atoms with Crippen molar-refractivity contribution in [2.75, 3.05) is 10.2 Å². The van der Waals surface area contributed by atoms with Gasteiger partial charge in [0, 0.05) is 24.7 Å². The van der Waals surface area contributed by atoms with Crippen molar-refractivity contribution in [3.05, 3.63) is 97.7 Å². The van der Waals surface area contributed by atoms with Crippen molar-refractivity contribution >= 4 is 46.1 Å². The Hall–Kier alpha value is -4.86. The third-order valence-electron chi connectivity index (χ3n) is 6.52. The summed E-state index contributed by atoms with van der Waals surface area (Å²) in [6, 6.07) is 8.72. The number of nitrogens with zero attached hydrogens (tertiary/aromatic N) is 2. The molecule has 2 aromatic carbocycles. The second-order valence-corrected chi connectivity index (χ2v) is 10.0. The van der Waals surface area contributed by atoms with E-state index in [9.17, 15) is 45.4 Å². The van der Waals surface area contributed by atoms with Gasteiger partial charge in [-0.05, 0) is 54.4 Å². The molecular weight excluding hydrogens is 643 g/mol. The first-order chi connectivity index (χ1) is 20.8. The molecule has 0 saturated carbocycles. The van der Waals surface area contributed by atoms with Crippen molar-refractivity contribution in [1.29, 1.82) is 0 Å². The Balaban J connectivity index is 0.000000591. The molecule has 5 rings (SSSR count). The lowest BCUT2D eigenvalue weighted by Crippen LogP contribution is -2.21. The van der Waals surface area contributed by atoms with Crippen LogP contribution in [-0.4, -0.2) is 33.3 Å². The van der Waals surface area contributed by atoms with Crippen LogP contribution in [0.5, 0.6) is 0 Å². The molecule has 0 radical (unpaired) electrons. The van der Waals surface area contributed by atoms with Gasteiger partial charge in [0.2, 0.25) is 5.88 Å². The summed E-state index contributed by atoms with van der Waals surface area (Å²) in [5.41, 5.74) is -0.766. The minimum atomic E-state index is -5.08. The van der Waals surface area contributed by atoms with Crippen LogP contribution in [0.4, 0.5) is 42.3 Å². The molecule has 1 aliphatic heterocycles. The molecule has 17 heteroatoms. The van der Waals surface area contributed by atoms with Gasteiger partial charge in [0.25, 0.3) is 0 Å². The number of aromatic nitrogens is 1. The summed E-state index contributed by atoms with van der Waals surface area (Å²) in [6.45, 7) is 2.05. The summed E-state index contributed by atoms with van der Waals surface area (Å²) >= 11 is 5.80. The number of hydrogen-bond acceptors (Lipinski definition) is 7. The highest BCUT2D eigenvalue weighted by molar-refractivity contribution is 6.29. The number of alkyl halides is 6. The van der Waals surface area contributed by atoms with E-state index in [0.29, 0.717) is 12.1 Å². The van der Waals surface area contributed by atoms with Crippen LogP contribution in [0.1, 0.15) is 45.7 Å². The molecule has 2 aromatic heterocycles. The van der Waals surface area contributed by atoms with E-state index in [4.69, 9.17) is 25.9 Å². The lowest BCUT2D eigenvalue weighted by atomic mass is 10.00. The number of rotatable bonds is 5. The third-order valence-corrected chi connectivity index (χ3v) is 6.73. The molecule has 0 aliphatic carbocycles. The Morgan fingerprint density at radius 2 is 1.64 bits per heavy atom. The fourth-order valence-corrected chi connectivity index (χ4v) is 4.61. The van der Waals surface area contributed by atoms with Crippen molar-refractivity contribution in [2.24, 2.45) is 0 Å². The standard InChI is InChI=1S/C26H18ClF4N3O4.C2HF3O2/c1-12(32-19-4-5-21(27)33-23(19)25(36)37)17-7-15(26(29,30)31)8-18-20(35)9-22(38-24(17)18)34-10-13-2-3-16(28)6-14(13)11-34;3-2(4,5)1(6)7/h2-9,12,32H,10-11H2,1H3,(H,36,37);(H,6,7). The largest absolute Gasteiger partial charge is 0.490 e.